The summed E-state index contributed by atoms with van der Waals surface area (Å²) < 4.78 is 1.37. The van der Waals surface area contributed by atoms with Gasteiger partial charge in [0.15, 0.2) is 0 Å². The van der Waals surface area contributed by atoms with Crippen LogP contribution in [0.1, 0.15) is 35.7 Å². The molecule has 1 aliphatic rings. The summed E-state index contributed by atoms with van der Waals surface area (Å²) in [5, 5.41) is 15.4. The van der Waals surface area contributed by atoms with Crippen LogP contribution in [0.25, 0.3) is 11.8 Å². The van der Waals surface area contributed by atoms with Crippen LogP contribution in [0.3, 0.4) is 0 Å². The number of urea groups is 1. The highest BCUT2D eigenvalue weighted by Gasteiger charge is 2.34. The van der Waals surface area contributed by atoms with Gasteiger partial charge < -0.3 is 5.32 Å². The third kappa shape index (κ3) is 4.31. The van der Waals surface area contributed by atoms with E-state index in [2.05, 4.69) is 16.5 Å². The number of hydrogen-bond donors (Lipinski definition) is 2. The number of halogens is 1. The average Bonchev–Trinajstić information content (AvgIpc) is 3.25. The normalized spacial score (nSPS) is 14.6. The van der Waals surface area contributed by atoms with Gasteiger partial charge in [0.1, 0.15) is 5.70 Å². The summed E-state index contributed by atoms with van der Waals surface area (Å²) in [6.45, 7) is 1.93. The van der Waals surface area contributed by atoms with Crippen molar-refractivity contribution in [3.8, 4) is 11.8 Å². The zero-order chi connectivity index (χ0) is 23.5. The Morgan fingerprint density at radius 2 is 1.91 bits per heavy atom. The first kappa shape index (κ1) is 22.1. The molecule has 3 aromatic rings. The van der Waals surface area contributed by atoms with E-state index < -0.39 is 11.9 Å². The van der Waals surface area contributed by atoms with Crippen molar-refractivity contribution in [3.05, 3.63) is 92.0 Å². The van der Waals surface area contributed by atoms with Crippen LogP contribution in [0.15, 0.2) is 59.0 Å². The third-order valence-electron chi connectivity index (χ3n) is 5.29. The molecule has 9 heteroatoms. The summed E-state index contributed by atoms with van der Waals surface area (Å²) in [5.74, 6) is -0.565. The van der Waals surface area contributed by atoms with Crippen LogP contribution in [0.5, 0.6) is 0 Å². The van der Waals surface area contributed by atoms with Gasteiger partial charge in [-0.3, -0.25) is 19.6 Å². The lowest BCUT2D eigenvalue weighted by molar-refractivity contribution is -0.123. The van der Waals surface area contributed by atoms with Gasteiger partial charge in [0.05, 0.1) is 29.4 Å². The predicted molar refractivity (Wildman–Crippen MR) is 124 cm³/mol. The van der Waals surface area contributed by atoms with Crippen molar-refractivity contribution in [2.75, 3.05) is 0 Å². The molecule has 1 aliphatic heterocycles. The molecule has 2 heterocycles. The van der Waals surface area contributed by atoms with E-state index in [1.54, 1.807) is 48.5 Å². The lowest BCUT2D eigenvalue weighted by atomic mass is 10.1. The van der Waals surface area contributed by atoms with Crippen molar-refractivity contribution in [1.29, 1.82) is 5.26 Å². The number of benzene rings is 2. The molecule has 0 bridgehead atoms. The number of carbonyl (C=O) groups excluding carboxylic acids is 2. The van der Waals surface area contributed by atoms with E-state index in [1.165, 1.54) is 10.8 Å². The van der Waals surface area contributed by atoms with E-state index in [0.717, 1.165) is 11.3 Å². The van der Waals surface area contributed by atoms with Gasteiger partial charge in [-0.25, -0.2) is 9.48 Å². The average molecular weight is 462 g/mol. The number of nitrogens with zero attached hydrogens (tertiary/aromatic N) is 3. The van der Waals surface area contributed by atoms with Crippen LogP contribution in [-0.4, -0.2) is 26.6 Å². The Labute approximate surface area is 194 Å². The van der Waals surface area contributed by atoms with Crippen LogP contribution in [0.4, 0.5) is 4.79 Å². The molecule has 8 nitrogen and oxygen atoms in total. The number of rotatable bonds is 6. The minimum Gasteiger partial charge on any atom is -0.303 e. The van der Waals surface area contributed by atoms with E-state index in [4.69, 9.17) is 11.6 Å². The number of aromatic nitrogens is 2. The van der Waals surface area contributed by atoms with Gasteiger partial charge in [0.2, 0.25) is 0 Å². The fraction of sp³-hybridized carbons (Fsp3) is 0.167. The number of nitriles is 1. The topological polar surface area (TPSA) is 111 Å². The maximum Gasteiger partial charge on any atom is 0.329 e. The second kappa shape index (κ2) is 9.18. The molecule has 0 saturated carbocycles. The molecule has 1 aromatic heterocycles. The smallest absolute Gasteiger partial charge is 0.303 e. The first-order valence-corrected chi connectivity index (χ1v) is 10.7. The van der Waals surface area contributed by atoms with Crippen LogP contribution < -0.4 is 10.9 Å². The van der Waals surface area contributed by atoms with Crippen LogP contribution >= 0.6 is 11.6 Å². The number of imide groups is 1. The summed E-state index contributed by atoms with van der Waals surface area (Å²) in [6.07, 6.45) is 2.74. The van der Waals surface area contributed by atoms with Gasteiger partial charge in [-0.1, -0.05) is 49.2 Å². The van der Waals surface area contributed by atoms with Gasteiger partial charge in [-0.2, -0.15) is 5.26 Å². The maximum atomic E-state index is 13.2. The van der Waals surface area contributed by atoms with Crippen molar-refractivity contribution >= 4 is 29.6 Å². The van der Waals surface area contributed by atoms with Gasteiger partial charge in [0.25, 0.3) is 11.5 Å². The molecule has 2 aromatic carbocycles. The highest BCUT2D eigenvalue weighted by Crippen LogP contribution is 2.20. The zero-order valence-electron chi connectivity index (χ0n) is 17.8. The first-order valence-electron chi connectivity index (χ1n) is 10.3. The highest BCUT2D eigenvalue weighted by atomic mass is 35.5. The Bertz CT molecular complexity index is 1380. The summed E-state index contributed by atoms with van der Waals surface area (Å²) in [4.78, 5) is 39.7. The maximum absolute atomic E-state index is 13.2. The summed E-state index contributed by atoms with van der Waals surface area (Å²) >= 11 is 6.07. The van der Waals surface area contributed by atoms with Crippen LogP contribution in [0.2, 0.25) is 5.02 Å². The molecular formula is C24H20ClN5O3. The molecule has 0 aliphatic carbocycles. The molecule has 2 N–H and O–H groups in total. The standard InChI is InChI=1S/C24H20ClN5O3/c1-2-6-20-19(22(31)30(28-20)18-10-5-9-17(25)11-18)12-21-23(32)29(24(33)27-21)14-16-8-4-3-7-15(16)13-26/h3-5,7-12,28H,2,6,14H2,1H3,(H,27,33)/b21-12-. The van der Waals surface area contributed by atoms with Crippen LogP contribution in [-0.2, 0) is 17.8 Å². The number of nitrogens with one attached hydrogen (secondary N) is 2. The second-order valence-electron chi connectivity index (χ2n) is 7.52. The summed E-state index contributed by atoms with van der Waals surface area (Å²) in [7, 11) is 0. The zero-order valence-corrected chi connectivity index (χ0v) is 18.5. The summed E-state index contributed by atoms with van der Waals surface area (Å²) in [5.41, 5.74) is 2.08. The van der Waals surface area contributed by atoms with Crippen LogP contribution in [0, 0.1) is 11.3 Å². The van der Waals surface area contributed by atoms with Crippen molar-refractivity contribution in [3.63, 3.8) is 0 Å². The molecular weight excluding hydrogens is 442 g/mol. The minimum absolute atomic E-state index is 0.00105. The number of hydrogen-bond acceptors (Lipinski definition) is 4. The molecule has 3 amide bonds. The Morgan fingerprint density at radius 1 is 1.12 bits per heavy atom. The van der Waals surface area contributed by atoms with Gasteiger partial charge in [-0.15, -0.1) is 0 Å². The van der Waals surface area contributed by atoms with E-state index in [-0.39, 0.29) is 17.8 Å². The van der Waals surface area contributed by atoms with Gasteiger partial charge in [-0.05, 0) is 42.3 Å². The van der Waals surface area contributed by atoms with Crippen molar-refractivity contribution in [1.82, 2.24) is 20.0 Å². The van der Waals surface area contributed by atoms with Crippen molar-refractivity contribution in [2.24, 2.45) is 0 Å². The monoisotopic (exact) mass is 461 g/mol. The van der Waals surface area contributed by atoms with E-state index in [9.17, 15) is 19.6 Å². The highest BCUT2D eigenvalue weighted by molar-refractivity contribution is 6.30. The molecule has 4 rings (SSSR count). The fourth-order valence-electron chi connectivity index (χ4n) is 3.68. The van der Waals surface area contributed by atoms with E-state index >= 15 is 0 Å². The molecule has 0 atom stereocenters. The summed E-state index contributed by atoms with van der Waals surface area (Å²) in [6, 6.07) is 15.1. The fourth-order valence-corrected chi connectivity index (χ4v) is 3.86. The molecule has 33 heavy (non-hydrogen) atoms. The molecule has 0 radical (unpaired) electrons. The third-order valence-corrected chi connectivity index (χ3v) is 5.52. The molecule has 0 spiro atoms. The first-order chi connectivity index (χ1) is 15.9. The van der Waals surface area contributed by atoms with Crippen molar-refractivity contribution in [2.45, 2.75) is 26.3 Å². The lowest BCUT2D eigenvalue weighted by Crippen LogP contribution is -2.30. The molecule has 0 unspecified atom stereocenters. The molecule has 166 valence electrons. The predicted octanol–water partition coefficient (Wildman–Crippen LogP) is 3.74. The van der Waals surface area contributed by atoms with E-state index in [0.29, 0.717) is 39.5 Å². The Kier molecular flexibility index (Phi) is 6.16. The second-order valence-corrected chi connectivity index (χ2v) is 7.96. The van der Waals surface area contributed by atoms with Crippen molar-refractivity contribution < 1.29 is 9.59 Å². The van der Waals surface area contributed by atoms with Gasteiger partial charge in [0, 0.05) is 10.7 Å². The Morgan fingerprint density at radius 3 is 2.64 bits per heavy atom. The minimum atomic E-state index is -0.610. The van der Waals surface area contributed by atoms with Gasteiger partial charge >= 0.3 is 6.03 Å². The Balaban J connectivity index is 1.70. The number of aryl methyl sites for hydroxylation is 1. The number of carbonyl (C=O) groups is 2. The molecule has 1 fully saturated rings. The largest absolute Gasteiger partial charge is 0.329 e. The SMILES string of the molecule is CCCc1[nH]n(-c2cccc(Cl)c2)c(=O)c1/C=C1\NC(=O)N(Cc2ccccc2C#N)C1=O. The Hall–Kier alpha value is -4.09. The quantitative estimate of drug-likeness (QED) is 0.430. The lowest BCUT2D eigenvalue weighted by Gasteiger charge is -2.12. The van der Waals surface area contributed by atoms with E-state index in [1.807, 2.05) is 6.92 Å². The number of aromatic amines is 1. The number of H-pyrrole nitrogens is 1. The number of amides is 3. The molecule has 1 saturated heterocycles.